The van der Waals surface area contributed by atoms with Gasteiger partial charge in [0.2, 0.25) is 0 Å². The van der Waals surface area contributed by atoms with E-state index in [1.807, 2.05) is 0 Å². The van der Waals surface area contributed by atoms with Gasteiger partial charge >= 0.3 is 0 Å². The third kappa shape index (κ3) is 2.51. The van der Waals surface area contributed by atoms with Crippen LogP contribution in [0.25, 0.3) is 0 Å². The summed E-state index contributed by atoms with van der Waals surface area (Å²) in [6.07, 6.45) is 1.49. The topological polar surface area (TPSA) is 101 Å². The molecule has 0 radical (unpaired) electrons. The molecular formula is C11H10N4O3. The number of hydrogen-bond acceptors (Lipinski definition) is 4. The number of non-ortho nitro benzene ring substituents is 1. The SMILES string of the molecule is Cc1cc(C(=O)Nc2ccn[nH]2)cc([N+](=O)[O-])c1. The van der Waals surface area contributed by atoms with Crippen LogP contribution in [0.3, 0.4) is 0 Å². The summed E-state index contributed by atoms with van der Waals surface area (Å²) in [7, 11) is 0. The standard InChI is InChI=1S/C11H10N4O3/c1-7-4-8(6-9(5-7)15(17)18)11(16)13-10-2-3-12-14-10/h2-6H,1H3,(H2,12,13,14,16). The van der Waals surface area contributed by atoms with Crippen molar-refractivity contribution >= 4 is 17.4 Å². The normalized spacial score (nSPS) is 10.1. The molecule has 2 N–H and O–H groups in total. The highest BCUT2D eigenvalue weighted by atomic mass is 16.6. The van der Waals surface area contributed by atoms with Crippen LogP contribution in [0.5, 0.6) is 0 Å². The smallest absolute Gasteiger partial charge is 0.270 e. The molecule has 0 aliphatic heterocycles. The Morgan fingerprint density at radius 3 is 2.83 bits per heavy atom. The number of aromatic nitrogens is 2. The number of carbonyl (C=O) groups is 1. The number of hydrogen-bond donors (Lipinski definition) is 2. The minimum absolute atomic E-state index is 0.107. The van der Waals surface area contributed by atoms with E-state index in [1.54, 1.807) is 19.1 Å². The second kappa shape index (κ2) is 4.66. The van der Waals surface area contributed by atoms with Crippen molar-refractivity contribution in [3.05, 3.63) is 51.7 Å². The summed E-state index contributed by atoms with van der Waals surface area (Å²) in [5.74, 6) is 0.00945. The van der Waals surface area contributed by atoms with Gasteiger partial charge in [0, 0.05) is 23.8 Å². The molecule has 0 bridgehead atoms. The van der Waals surface area contributed by atoms with Gasteiger partial charge in [-0.25, -0.2) is 0 Å². The molecule has 18 heavy (non-hydrogen) atoms. The van der Waals surface area contributed by atoms with Crippen LogP contribution < -0.4 is 5.32 Å². The van der Waals surface area contributed by atoms with Gasteiger partial charge in [-0.05, 0) is 18.6 Å². The van der Waals surface area contributed by atoms with Gasteiger partial charge in [-0.2, -0.15) is 5.10 Å². The van der Waals surface area contributed by atoms with Crippen LogP contribution in [0.2, 0.25) is 0 Å². The number of carbonyl (C=O) groups excluding carboxylic acids is 1. The first kappa shape index (κ1) is 11.8. The molecule has 7 heteroatoms. The average Bonchev–Trinajstić information content (AvgIpc) is 2.80. The monoisotopic (exact) mass is 246 g/mol. The largest absolute Gasteiger partial charge is 0.307 e. The van der Waals surface area contributed by atoms with Crippen LogP contribution in [-0.2, 0) is 0 Å². The number of aryl methyl sites for hydroxylation is 1. The molecular weight excluding hydrogens is 236 g/mol. The summed E-state index contributed by atoms with van der Waals surface area (Å²) >= 11 is 0. The van der Waals surface area contributed by atoms with Gasteiger partial charge in [-0.1, -0.05) is 0 Å². The van der Waals surface area contributed by atoms with E-state index in [0.717, 1.165) is 0 Å². The van der Waals surface area contributed by atoms with Crippen molar-refractivity contribution in [1.82, 2.24) is 10.2 Å². The molecule has 92 valence electrons. The van der Waals surface area contributed by atoms with Crippen molar-refractivity contribution in [1.29, 1.82) is 0 Å². The zero-order chi connectivity index (χ0) is 13.1. The Labute approximate surface area is 102 Å². The highest BCUT2D eigenvalue weighted by molar-refractivity contribution is 6.04. The van der Waals surface area contributed by atoms with Crippen molar-refractivity contribution in [3.63, 3.8) is 0 Å². The summed E-state index contributed by atoms with van der Waals surface area (Å²) in [4.78, 5) is 22.0. The fourth-order valence-electron chi connectivity index (χ4n) is 1.52. The molecule has 0 saturated heterocycles. The Bertz CT molecular complexity index is 592. The van der Waals surface area contributed by atoms with Crippen LogP contribution in [0, 0.1) is 17.0 Å². The lowest BCUT2D eigenvalue weighted by atomic mass is 10.1. The van der Waals surface area contributed by atoms with E-state index in [9.17, 15) is 14.9 Å². The maximum Gasteiger partial charge on any atom is 0.270 e. The van der Waals surface area contributed by atoms with Gasteiger partial charge in [0.1, 0.15) is 5.82 Å². The number of nitro groups is 1. The lowest BCUT2D eigenvalue weighted by Gasteiger charge is -2.03. The molecule has 1 amide bonds. The van der Waals surface area contributed by atoms with E-state index in [-0.39, 0.29) is 11.3 Å². The molecule has 0 saturated carbocycles. The summed E-state index contributed by atoms with van der Waals surface area (Å²) in [6.45, 7) is 1.69. The predicted molar refractivity (Wildman–Crippen MR) is 64.4 cm³/mol. The summed E-state index contributed by atoms with van der Waals surface area (Å²) in [5.41, 5.74) is 0.778. The van der Waals surface area contributed by atoms with E-state index < -0.39 is 10.8 Å². The molecule has 0 unspecified atom stereocenters. The number of nitro benzene ring substituents is 1. The van der Waals surface area contributed by atoms with Crippen molar-refractivity contribution in [3.8, 4) is 0 Å². The van der Waals surface area contributed by atoms with Crippen LogP contribution >= 0.6 is 0 Å². The molecule has 0 fully saturated rings. The lowest BCUT2D eigenvalue weighted by Crippen LogP contribution is -2.12. The molecule has 0 atom stereocenters. The van der Waals surface area contributed by atoms with Crippen LogP contribution in [-0.4, -0.2) is 21.0 Å². The number of nitrogens with one attached hydrogen (secondary N) is 2. The van der Waals surface area contributed by atoms with E-state index in [1.165, 1.54) is 18.3 Å². The molecule has 0 aliphatic rings. The van der Waals surface area contributed by atoms with E-state index >= 15 is 0 Å². The van der Waals surface area contributed by atoms with E-state index in [2.05, 4.69) is 15.5 Å². The van der Waals surface area contributed by atoms with Gasteiger partial charge in [-0.15, -0.1) is 0 Å². The highest BCUT2D eigenvalue weighted by Gasteiger charge is 2.13. The highest BCUT2D eigenvalue weighted by Crippen LogP contribution is 2.17. The number of nitrogens with zero attached hydrogens (tertiary/aromatic N) is 2. The zero-order valence-corrected chi connectivity index (χ0v) is 9.51. The number of aromatic amines is 1. The van der Waals surface area contributed by atoms with Gasteiger partial charge in [0.25, 0.3) is 11.6 Å². The molecule has 7 nitrogen and oxygen atoms in total. The predicted octanol–water partition coefficient (Wildman–Crippen LogP) is 1.88. The van der Waals surface area contributed by atoms with E-state index in [0.29, 0.717) is 11.4 Å². The first-order valence-corrected chi connectivity index (χ1v) is 5.13. The van der Waals surface area contributed by atoms with Crippen molar-refractivity contribution in [2.24, 2.45) is 0 Å². The molecule has 2 rings (SSSR count). The molecule has 0 aliphatic carbocycles. The van der Waals surface area contributed by atoms with E-state index in [4.69, 9.17) is 0 Å². The Kier molecular flexibility index (Phi) is 3.05. The first-order chi connectivity index (χ1) is 8.56. The molecule has 2 aromatic rings. The number of amides is 1. The zero-order valence-electron chi connectivity index (χ0n) is 9.51. The number of H-pyrrole nitrogens is 1. The minimum Gasteiger partial charge on any atom is -0.307 e. The van der Waals surface area contributed by atoms with Crippen LogP contribution in [0.15, 0.2) is 30.5 Å². The number of rotatable bonds is 3. The summed E-state index contributed by atoms with van der Waals surface area (Å²) < 4.78 is 0. The molecule has 1 aromatic carbocycles. The number of benzene rings is 1. The number of anilines is 1. The van der Waals surface area contributed by atoms with Crippen molar-refractivity contribution in [2.75, 3.05) is 5.32 Å². The third-order valence-corrected chi connectivity index (χ3v) is 2.28. The Balaban J connectivity index is 2.27. The summed E-state index contributed by atoms with van der Waals surface area (Å²) in [6, 6.07) is 5.81. The second-order valence-corrected chi connectivity index (χ2v) is 3.74. The second-order valence-electron chi connectivity index (χ2n) is 3.74. The van der Waals surface area contributed by atoms with Crippen molar-refractivity contribution in [2.45, 2.75) is 6.92 Å². The van der Waals surface area contributed by atoms with Crippen molar-refractivity contribution < 1.29 is 9.72 Å². The summed E-state index contributed by atoms with van der Waals surface area (Å²) in [5, 5.41) is 19.5. The van der Waals surface area contributed by atoms with Crippen LogP contribution in [0.1, 0.15) is 15.9 Å². The van der Waals surface area contributed by atoms with Gasteiger partial charge in [0.15, 0.2) is 0 Å². The maximum absolute atomic E-state index is 11.9. The quantitative estimate of drug-likeness (QED) is 0.637. The van der Waals surface area contributed by atoms with Gasteiger partial charge in [0.05, 0.1) is 11.1 Å². The fourth-order valence-corrected chi connectivity index (χ4v) is 1.52. The van der Waals surface area contributed by atoms with Crippen LogP contribution in [0.4, 0.5) is 11.5 Å². The minimum atomic E-state index is -0.528. The fraction of sp³-hybridized carbons (Fsp3) is 0.0909. The van der Waals surface area contributed by atoms with Gasteiger partial charge < -0.3 is 5.32 Å². The molecule has 0 spiro atoms. The Morgan fingerprint density at radius 2 is 2.22 bits per heavy atom. The molecule has 1 aromatic heterocycles. The Hall–Kier alpha value is -2.70. The third-order valence-electron chi connectivity index (χ3n) is 2.28. The molecule has 1 heterocycles. The Morgan fingerprint density at radius 1 is 1.44 bits per heavy atom. The average molecular weight is 246 g/mol. The lowest BCUT2D eigenvalue weighted by molar-refractivity contribution is -0.384. The van der Waals surface area contributed by atoms with Gasteiger partial charge in [-0.3, -0.25) is 20.0 Å². The maximum atomic E-state index is 11.9. The first-order valence-electron chi connectivity index (χ1n) is 5.13.